The maximum absolute atomic E-state index is 13.5. The molecule has 1 N–H and O–H groups in total. The molecule has 1 aliphatic heterocycles. The third-order valence-electron chi connectivity index (χ3n) is 5.50. The molecule has 10 heteroatoms. The lowest BCUT2D eigenvalue weighted by Gasteiger charge is -2.27. The Bertz CT molecular complexity index is 1150. The van der Waals surface area contributed by atoms with Crippen LogP contribution >= 0.6 is 11.6 Å². The van der Waals surface area contributed by atoms with E-state index >= 15 is 0 Å². The standard InChI is InChI=1S/C24H26ClN3O6/c1-4-34-19-10-9-16(14-18(19)25)22(29)20-21(15-7-5-8-17(13-15)28(32)33)27(24(31)23(20)30)12-6-11-26(2)3/h5,7-10,13-14,21,29H,4,6,11-12H2,1-3H3. The van der Waals surface area contributed by atoms with E-state index in [4.69, 9.17) is 16.3 Å². The van der Waals surface area contributed by atoms with Gasteiger partial charge in [-0.2, -0.15) is 0 Å². The monoisotopic (exact) mass is 487 g/mol. The van der Waals surface area contributed by atoms with Crippen LogP contribution in [0.25, 0.3) is 5.76 Å². The zero-order valence-electron chi connectivity index (χ0n) is 19.2. The smallest absolute Gasteiger partial charge is 0.295 e. The third kappa shape index (κ3) is 5.21. The average molecular weight is 488 g/mol. The molecule has 0 spiro atoms. The van der Waals surface area contributed by atoms with Crippen molar-refractivity contribution >= 4 is 34.7 Å². The van der Waals surface area contributed by atoms with Crippen LogP contribution in [-0.4, -0.2) is 55.3 Å². The number of halogens is 1. The fraction of sp³-hybridized carbons (Fsp3) is 0.333. The highest BCUT2D eigenvalue weighted by Crippen LogP contribution is 2.40. The average Bonchev–Trinajstić information content (AvgIpc) is 3.05. The molecule has 3 rings (SSSR count). The van der Waals surface area contributed by atoms with Crippen molar-refractivity contribution < 1.29 is 29.3 Å². The molecule has 1 saturated heterocycles. The van der Waals surface area contributed by atoms with E-state index in [2.05, 4.69) is 0 Å². The second kappa shape index (κ2) is 10.7. The van der Waals surface area contributed by atoms with Crippen molar-refractivity contribution in [2.45, 2.75) is 19.4 Å². The number of nitrogens with one attached hydrogen (secondary N) is 1. The third-order valence-corrected chi connectivity index (χ3v) is 5.79. The minimum atomic E-state index is -1.03. The van der Waals surface area contributed by atoms with E-state index in [1.54, 1.807) is 13.0 Å². The second-order valence-electron chi connectivity index (χ2n) is 8.21. The number of nitro groups is 1. The van der Waals surface area contributed by atoms with Crippen LogP contribution in [0.2, 0.25) is 5.02 Å². The van der Waals surface area contributed by atoms with Gasteiger partial charge < -0.3 is 19.6 Å². The number of ketones is 1. The zero-order chi connectivity index (χ0) is 25.0. The summed E-state index contributed by atoms with van der Waals surface area (Å²) in [5.74, 6) is -1.97. The molecular formula is C24H26ClN3O6. The number of rotatable bonds is 9. The van der Waals surface area contributed by atoms with Gasteiger partial charge in [0, 0.05) is 30.7 Å². The molecule has 1 atom stereocenters. The predicted octanol–water partition coefficient (Wildman–Crippen LogP) is 1.41. The van der Waals surface area contributed by atoms with Gasteiger partial charge in [0.15, 0.2) is 0 Å². The highest BCUT2D eigenvalue weighted by molar-refractivity contribution is 6.46. The summed E-state index contributed by atoms with van der Waals surface area (Å²) in [6.45, 7) is 3.14. The summed E-state index contributed by atoms with van der Waals surface area (Å²) in [5.41, 5.74) is 0.00595. The van der Waals surface area contributed by atoms with Crippen LogP contribution < -0.4 is 14.7 Å². The number of nitrogens with zero attached hydrogens (tertiary/aromatic N) is 2. The molecule has 2 aromatic carbocycles. The lowest BCUT2D eigenvalue weighted by Crippen LogP contribution is -3.05. The maximum Gasteiger partial charge on any atom is 0.295 e. The van der Waals surface area contributed by atoms with Crippen molar-refractivity contribution in [3.05, 3.63) is 74.3 Å². The summed E-state index contributed by atoms with van der Waals surface area (Å²) in [7, 11) is 3.93. The molecule has 1 aliphatic rings. The van der Waals surface area contributed by atoms with Gasteiger partial charge in [0.1, 0.15) is 5.75 Å². The molecule has 0 saturated carbocycles. The molecule has 1 amide bonds. The first-order chi connectivity index (χ1) is 16.1. The fourth-order valence-corrected chi connectivity index (χ4v) is 4.16. The van der Waals surface area contributed by atoms with Crippen LogP contribution in [0.15, 0.2) is 48.0 Å². The van der Waals surface area contributed by atoms with E-state index in [0.29, 0.717) is 24.3 Å². The van der Waals surface area contributed by atoms with E-state index in [1.807, 2.05) is 14.1 Å². The Morgan fingerprint density at radius 1 is 1.21 bits per heavy atom. The molecule has 0 radical (unpaired) electrons. The van der Waals surface area contributed by atoms with Gasteiger partial charge in [-0.15, -0.1) is 0 Å². The number of Topliss-reactive ketones (excluding diaryl/α,β-unsaturated/α-hetero) is 1. The summed E-state index contributed by atoms with van der Waals surface area (Å²) in [4.78, 5) is 39.3. The Morgan fingerprint density at radius 3 is 2.56 bits per heavy atom. The number of nitro benzene ring substituents is 1. The number of hydrogen-bond donors (Lipinski definition) is 1. The van der Waals surface area contributed by atoms with Crippen molar-refractivity contribution in [2.24, 2.45) is 0 Å². The first-order valence-corrected chi connectivity index (χ1v) is 11.3. The molecule has 1 heterocycles. The van der Waals surface area contributed by atoms with Crippen LogP contribution in [0.4, 0.5) is 5.69 Å². The molecule has 2 aromatic rings. The number of amides is 1. The lowest BCUT2D eigenvalue weighted by atomic mass is 9.95. The summed E-state index contributed by atoms with van der Waals surface area (Å²) >= 11 is 6.23. The molecule has 0 aromatic heterocycles. The summed E-state index contributed by atoms with van der Waals surface area (Å²) in [6, 6.07) is 9.02. The van der Waals surface area contributed by atoms with Gasteiger partial charge in [0.05, 0.1) is 43.2 Å². The van der Waals surface area contributed by atoms with Gasteiger partial charge in [0.25, 0.3) is 11.6 Å². The summed E-state index contributed by atoms with van der Waals surface area (Å²) < 4.78 is 5.40. The minimum Gasteiger partial charge on any atom is -0.872 e. The number of likely N-dealkylation sites (tertiary alicyclic amines) is 1. The first kappa shape index (κ1) is 25.2. The van der Waals surface area contributed by atoms with Crippen molar-refractivity contribution in [2.75, 3.05) is 33.8 Å². The molecule has 1 fully saturated rings. The Balaban J connectivity index is 2.13. The van der Waals surface area contributed by atoms with E-state index in [0.717, 1.165) is 11.4 Å². The number of carbonyl (C=O) groups is 2. The highest BCUT2D eigenvalue weighted by atomic mass is 35.5. The quantitative estimate of drug-likeness (QED) is 0.188. The van der Waals surface area contributed by atoms with Gasteiger partial charge >= 0.3 is 0 Å². The summed E-state index contributed by atoms with van der Waals surface area (Å²) in [5, 5.41) is 25.0. The van der Waals surface area contributed by atoms with Crippen molar-refractivity contribution in [1.29, 1.82) is 0 Å². The number of benzene rings is 2. The van der Waals surface area contributed by atoms with Crippen LogP contribution in [0.5, 0.6) is 5.75 Å². The van der Waals surface area contributed by atoms with Crippen molar-refractivity contribution in [3.8, 4) is 5.75 Å². The van der Waals surface area contributed by atoms with Gasteiger partial charge in [0.2, 0.25) is 5.78 Å². The number of ether oxygens (including phenoxy) is 1. The topological polar surface area (TPSA) is 117 Å². The predicted molar refractivity (Wildman–Crippen MR) is 124 cm³/mol. The van der Waals surface area contributed by atoms with E-state index in [1.165, 1.54) is 41.3 Å². The van der Waals surface area contributed by atoms with Crippen LogP contribution in [-0.2, 0) is 9.59 Å². The number of carbonyl (C=O) groups excluding carboxylic acids is 2. The van der Waals surface area contributed by atoms with Gasteiger partial charge in [-0.05, 0) is 30.2 Å². The molecular weight excluding hydrogens is 462 g/mol. The first-order valence-electron chi connectivity index (χ1n) is 10.9. The fourth-order valence-electron chi connectivity index (χ4n) is 3.93. The van der Waals surface area contributed by atoms with E-state index in [9.17, 15) is 24.8 Å². The van der Waals surface area contributed by atoms with E-state index < -0.39 is 28.4 Å². The summed E-state index contributed by atoms with van der Waals surface area (Å²) in [6.07, 6.45) is 0.586. The van der Waals surface area contributed by atoms with E-state index in [-0.39, 0.29) is 28.4 Å². The molecule has 1 unspecified atom stereocenters. The SMILES string of the molecule is CCOc1ccc(C([O-])=C2C(=O)C(=O)N(CCC[NH+](C)C)C2c2cccc([N+](=O)[O-])c2)cc1Cl. The number of quaternary nitrogens is 1. The van der Waals surface area contributed by atoms with Gasteiger partial charge in [-0.3, -0.25) is 19.7 Å². The Kier molecular flexibility index (Phi) is 7.90. The molecule has 180 valence electrons. The van der Waals surface area contributed by atoms with Crippen LogP contribution in [0, 0.1) is 10.1 Å². The highest BCUT2D eigenvalue weighted by Gasteiger charge is 2.44. The van der Waals surface area contributed by atoms with Gasteiger partial charge in [-0.25, -0.2) is 0 Å². The maximum atomic E-state index is 13.5. The molecule has 34 heavy (non-hydrogen) atoms. The lowest BCUT2D eigenvalue weighted by molar-refractivity contribution is -0.858. The van der Waals surface area contributed by atoms with Crippen LogP contribution in [0.1, 0.15) is 30.5 Å². The minimum absolute atomic E-state index is 0.125. The molecule has 9 nitrogen and oxygen atoms in total. The Hall–Kier alpha value is -3.43. The van der Waals surface area contributed by atoms with Crippen LogP contribution in [0.3, 0.4) is 0 Å². The molecule has 0 bridgehead atoms. The molecule has 0 aliphatic carbocycles. The zero-order valence-corrected chi connectivity index (χ0v) is 19.9. The Labute approximate surface area is 202 Å². The van der Waals surface area contributed by atoms with Crippen molar-refractivity contribution in [1.82, 2.24) is 4.90 Å². The normalized spacial score (nSPS) is 17.4. The number of non-ortho nitro benzene ring substituents is 1. The largest absolute Gasteiger partial charge is 0.872 e. The Morgan fingerprint density at radius 2 is 1.94 bits per heavy atom. The number of hydrogen-bond acceptors (Lipinski definition) is 6. The second-order valence-corrected chi connectivity index (χ2v) is 8.62. The van der Waals surface area contributed by atoms with Gasteiger partial charge in [-0.1, -0.05) is 35.6 Å². The van der Waals surface area contributed by atoms with Crippen molar-refractivity contribution in [3.63, 3.8) is 0 Å².